The molecule has 2 aromatic heterocycles. The van der Waals surface area contributed by atoms with Crippen LogP contribution in [0.5, 0.6) is 0 Å². The Morgan fingerprint density at radius 1 is 1.43 bits per heavy atom. The molecule has 0 saturated carbocycles. The number of nitriles is 1. The van der Waals surface area contributed by atoms with Gasteiger partial charge in [-0.15, -0.1) is 0 Å². The second-order valence-corrected chi connectivity index (χ2v) is 6.67. The molecule has 1 unspecified atom stereocenters. The van der Waals surface area contributed by atoms with Gasteiger partial charge in [-0.05, 0) is 37.6 Å². The molecule has 3 aromatic rings. The van der Waals surface area contributed by atoms with Crippen LogP contribution >= 0.6 is 11.6 Å². The third kappa shape index (κ3) is 4.57. The Hall–Kier alpha value is -3.15. The van der Waals surface area contributed by atoms with Crippen LogP contribution in [0.3, 0.4) is 0 Å². The Bertz CT molecular complexity index is 1020. The van der Waals surface area contributed by atoms with E-state index >= 15 is 0 Å². The Kier molecular flexibility index (Phi) is 6.09. The highest BCUT2D eigenvalue weighted by Gasteiger charge is 2.12. The van der Waals surface area contributed by atoms with E-state index in [4.69, 9.17) is 16.9 Å². The zero-order valence-electron chi connectivity index (χ0n) is 15.2. The van der Waals surface area contributed by atoms with E-state index in [0.29, 0.717) is 35.8 Å². The van der Waals surface area contributed by atoms with E-state index in [0.717, 1.165) is 11.3 Å². The van der Waals surface area contributed by atoms with E-state index in [1.807, 2.05) is 24.4 Å². The molecule has 0 radical (unpaired) electrons. The van der Waals surface area contributed by atoms with Crippen LogP contribution in [0.25, 0.3) is 11.3 Å². The summed E-state index contributed by atoms with van der Waals surface area (Å²) in [4.78, 5) is 12.0. The molecule has 28 heavy (non-hydrogen) atoms. The molecule has 3 rings (SSSR count). The van der Waals surface area contributed by atoms with Crippen LogP contribution in [0.1, 0.15) is 41.2 Å². The molecular weight excluding hydrogens is 380 g/mol. The maximum absolute atomic E-state index is 12.0. The van der Waals surface area contributed by atoms with Crippen LogP contribution in [0, 0.1) is 11.3 Å². The number of nitrogens with zero attached hydrogens (tertiary/aromatic N) is 4. The average molecular weight is 399 g/mol. The van der Waals surface area contributed by atoms with Crippen LogP contribution < -0.4 is 5.32 Å². The highest BCUT2D eigenvalue weighted by molar-refractivity contribution is 6.32. The number of aliphatic hydroxyl groups excluding tert-OH is 1. The standard InChI is InChI=1S/C19H19ClN6O2/c1-12(27)17-10-18(24-23-17)19(28)22-6-2-7-26-8-5-16(25-26)13-3-4-14(11-21)15(20)9-13/h3-5,8-10,12,27H,2,6-7H2,1H3,(H,22,28)(H,23,24). The first-order valence-corrected chi connectivity index (χ1v) is 9.11. The van der Waals surface area contributed by atoms with Crippen molar-refractivity contribution in [3.05, 3.63) is 58.5 Å². The summed E-state index contributed by atoms with van der Waals surface area (Å²) in [6, 6.07) is 10.6. The number of benzene rings is 1. The monoisotopic (exact) mass is 398 g/mol. The third-order valence-corrected chi connectivity index (χ3v) is 4.47. The summed E-state index contributed by atoms with van der Waals surface area (Å²) in [5.74, 6) is -0.295. The average Bonchev–Trinajstić information content (AvgIpc) is 3.35. The van der Waals surface area contributed by atoms with Crippen molar-refractivity contribution in [2.45, 2.75) is 26.0 Å². The number of halogens is 1. The minimum absolute atomic E-state index is 0.245. The minimum atomic E-state index is -0.700. The van der Waals surface area contributed by atoms with Crippen molar-refractivity contribution in [1.82, 2.24) is 25.3 Å². The number of hydrogen-bond donors (Lipinski definition) is 3. The molecule has 0 aliphatic carbocycles. The van der Waals surface area contributed by atoms with Crippen molar-refractivity contribution in [2.24, 2.45) is 0 Å². The van der Waals surface area contributed by atoms with Gasteiger partial charge in [0.05, 0.1) is 28.1 Å². The predicted octanol–water partition coefficient (Wildman–Crippen LogP) is 2.67. The molecule has 8 nitrogen and oxygen atoms in total. The van der Waals surface area contributed by atoms with Gasteiger partial charge in [-0.1, -0.05) is 17.7 Å². The lowest BCUT2D eigenvalue weighted by molar-refractivity contribution is 0.0947. The van der Waals surface area contributed by atoms with E-state index in [2.05, 4.69) is 20.6 Å². The summed E-state index contributed by atoms with van der Waals surface area (Å²) >= 11 is 6.07. The molecule has 0 bridgehead atoms. The zero-order chi connectivity index (χ0) is 20.1. The normalized spacial score (nSPS) is 11.8. The molecule has 0 aliphatic rings. The summed E-state index contributed by atoms with van der Waals surface area (Å²) in [5, 5.41) is 32.6. The number of carbonyl (C=O) groups is 1. The SMILES string of the molecule is CC(O)c1cc(C(=O)NCCCn2ccc(-c3ccc(C#N)c(Cl)c3)n2)n[nH]1. The van der Waals surface area contributed by atoms with Gasteiger partial charge in [0.15, 0.2) is 0 Å². The lowest BCUT2D eigenvalue weighted by Crippen LogP contribution is -2.25. The van der Waals surface area contributed by atoms with Crippen molar-refractivity contribution in [2.75, 3.05) is 6.54 Å². The molecule has 3 N–H and O–H groups in total. The molecule has 0 spiro atoms. The number of carbonyl (C=O) groups excluding carboxylic acids is 1. The Balaban J connectivity index is 1.50. The minimum Gasteiger partial charge on any atom is -0.387 e. The second-order valence-electron chi connectivity index (χ2n) is 6.26. The van der Waals surface area contributed by atoms with Gasteiger partial charge in [-0.3, -0.25) is 14.6 Å². The van der Waals surface area contributed by atoms with E-state index in [1.165, 1.54) is 6.07 Å². The number of amides is 1. The number of aliphatic hydroxyl groups is 1. The van der Waals surface area contributed by atoms with E-state index in [-0.39, 0.29) is 11.6 Å². The van der Waals surface area contributed by atoms with Crippen LogP contribution in [-0.2, 0) is 6.54 Å². The van der Waals surface area contributed by atoms with Gasteiger partial charge >= 0.3 is 0 Å². The highest BCUT2D eigenvalue weighted by Crippen LogP contribution is 2.24. The van der Waals surface area contributed by atoms with Gasteiger partial charge in [0, 0.05) is 24.8 Å². The molecular formula is C19H19ClN6O2. The fourth-order valence-electron chi connectivity index (χ4n) is 2.61. The molecule has 0 aliphatic heterocycles. The molecule has 9 heteroatoms. The Labute approximate surface area is 166 Å². The van der Waals surface area contributed by atoms with Crippen LogP contribution in [0.4, 0.5) is 0 Å². The Morgan fingerprint density at radius 2 is 2.25 bits per heavy atom. The maximum atomic E-state index is 12.0. The van der Waals surface area contributed by atoms with E-state index in [1.54, 1.807) is 23.7 Å². The lowest BCUT2D eigenvalue weighted by Gasteiger charge is -2.04. The highest BCUT2D eigenvalue weighted by atomic mass is 35.5. The van der Waals surface area contributed by atoms with Crippen LogP contribution in [-0.4, -0.2) is 37.5 Å². The first-order valence-electron chi connectivity index (χ1n) is 8.73. The smallest absolute Gasteiger partial charge is 0.271 e. The summed E-state index contributed by atoms with van der Waals surface area (Å²) in [6.07, 6.45) is 1.84. The molecule has 144 valence electrons. The molecule has 1 atom stereocenters. The molecule has 2 heterocycles. The first kappa shape index (κ1) is 19.6. The van der Waals surface area contributed by atoms with Gasteiger partial charge in [0.1, 0.15) is 11.8 Å². The van der Waals surface area contributed by atoms with Gasteiger partial charge in [-0.25, -0.2) is 0 Å². The van der Waals surface area contributed by atoms with Crippen molar-refractivity contribution in [3.8, 4) is 17.3 Å². The fraction of sp³-hybridized carbons (Fsp3) is 0.263. The number of aryl methyl sites for hydroxylation is 1. The maximum Gasteiger partial charge on any atom is 0.271 e. The summed E-state index contributed by atoms with van der Waals surface area (Å²) < 4.78 is 1.79. The summed E-state index contributed by atoms with van der Waals surface area (Å²) in [6.45, 7) is 2.69. The number of aromatic nitrogens is 4. The van der Waals surface area contributed by atoms with Crippen molar-refractivity contribution < 1.29 is 9.90 Å². The van der Waals surface area contributed by atoms with Crippen molar-refractivity contribution >= 4 is 17.5 Å². The largest absolute Gasteiger partial charge is 0.387 e. The number of H-pyrrole nitrogens is 1. The number of nitrogens with one attached hydrogen (secondary N) is 2. The van der Waals surface area contributed by atoms with E-state index in [9.17, 15) is 9.90 Å². The number of hydrogen-bond acceptors (Lipinski definition) is 5. The number of rotatable bonds is 7. The van der Waals surface area contributed by atoms with Gasteiger partial charge in [0.25, 0.3) is 5.91 Å². The van der Waals surface area contributed by atoms with Gasteiger partial charge in [0.2, 0.25) is 0 Å². The summed E-state index contributed by atoms with van der Waals surface area (Å²) in [7, 11) is 0. The van der Waals surface area contributed by atoms with Gasteiger partial charge in [-0.2, -0.15) is 15.5 Å². The first-order chi connectivity index (χ1) is 13.5. The summed E-state index contributed by atoms with van der Waals surface area (Å²) in [5.41, 5.74) is 2.77. The van der Waals surface area contributed by atoms with Crippen LogP contribution in [0.2, 0.25) is 5.02 Å². The topological polar surface area (TPSA) is 120 Å². The van der Waals surface area contributed by atoms with E-state index < -0.39 is 6.10 Å². The predicted molar refractivity (Wildman–Crippen MR) is 104 cm³/mol. The molecule has 1 aromatic carbocycles. The Morgan fingerprint density at radius 3 is 2.93 bits per heavy atom. The second kappa shape index (κ2) is 8.69. The fourth-order valence-corrected chi connectivity index (χ4v) is 2.83. The third-order valence-electron chi connectivity index (χ3n) is 4.16. The molecule has 0 fully saturated rings. The van der Waals surface area contributed by atoms with Crippen LogP contribution in [0.15, 0.2) is 36.5 Å². The van der Waals surface area contributed by atoms with Crippen molar-refractivity contribution in [3.63, 3.8) is 0 Å². The quantitative estimate of drug-likeness (QED) is 0.528. The van der Waals surface area contributed by atoms with Gasteiger partial charge < -0.3 is 10.4 Å². The lowest BCUT2D eigenvalue weighted by atomic mass is 10.1. The molecule has 0 saturated heterocycles. The number of aromatic amines is 1. The molecule has 1 amide bonds. The van der Waals surface area contributed by atoms with Crippen molar-refractivity contribution in [1.29, 1.82) is 5.26 Å². The zero-order valence-corrected chi connectivity index (χ0v) is 15.9.